The Morgan fingerprint density at radius 1 is 1.06 bits per heavy atom. The summed E-state index contributed by atoms with van der Waals surface area (Å²) in [6.07, 6.45) is 20.6. The average molecular weight is 420 g/mol. The molecule has 1 nitrogen and oxygen atoms in total. The Labute approximate surface area is 192 Å². The third kappa shape index (κ3) is 7.42. The van der Waals surface area contributed by atoms with Crippen molar-refractivity contribution in [2.45, 2.75) is 74.7 Å². The van der Waals surface area contributed by atoms with Crippen LogP contribution in [-0.2, 0) is 0 Å². The number of hydrogen-bond acceptors (Lipinski definition) is 1. The summed E-state index contributed by atoms with van der Waals surface area (Å²) in [4.78, 5) is 0. The lowest BCUT2D eigenvalue weighted by Crippen LogP contribution is -2.33. The van der Waals surface area contributed by atoms with Crippen molar-refractivity contribution in [2.24, 2.45) is 23.0 Å². The monoisotopic (exact) mass is 419 g/mol. The van der Waals surface area contributed by atoms with Crippen LogP contribution in [0, 0.1) is 31.1 Å². The van der Waals surface area contributed by atoms with Gasteiger partial charge in [0.1, 0.15) is 0 Å². The van der Waals surface area contributed by atoms with Gasteiger partial charge in [0.2, 0.25) is 0 Å². The number of hydrogen-bond donors (Lipinski definition) is 1. The Morgan fingerprint density at radius 3 is 2.26 bits per heavy atom. The molecule has 31 heavy (non-hydrogen) atoms. The lowest BCUT2D eigenvalue weighted by Gasteiger charge is -2.42. The molecule has 1 aliphatic rings. The van der Waals surface area contributed by atoms with Gasteiger partial charge in [-0.05, 0) is 73.8 Å². The van der Waals surface area contributed by atoms with Gasteiger partial charge in [-0.1, -0.05) is 113 Å². The van der Waals surface area contributed by atoms with Crippen LogP contribution in [-0.4, -0.2) is 0 Å². The van der Waals surface area contributed by atoms with E-state index in [2.05, 4.69) is 96.2 Å². The predicted molar refractivity (Wildman–Crippen MR) is 141 cm³/mol. The fraction of sp³-hybridized carbons (Fsp3) is 0.467. The molecule has 0 heterocycles. The molecule has 1 aromatic carbocycles. The van der Waals surface area contributed by atoms with Gasteiger partial charge in [-0.2, -0.15) is 0 Å². The van der Waals surface area contributed by atoms with E-state index >= 15 is 0 Å². The zero-order chi connectivity index (χ0) is 23.4. The molecule has 0 aliphatic heterocycles. The lowest BCUT2D eigenvalue weighted by atomic mass is 9.63. The van der Waals surface area contributed by atoms with E-state index in [1.807, 2.05) is 19.9 Å². The Balaban J connectivity index is 0.00000233. The molecule has 0 radical (unpaired) electrons. The minimum absolute atomic E-state index is 0.143. The molecule has 2 N–H and O–H groups in total. The molecular formula is C30H45N. The number of benzene rings is 1. The van der Waals surface area contributed by atoms with Crippen LogP contribution in [0.15, 0.2) is 72.5 Å². The normalized spacial score (nSPS) is 18.8. The van der Waals surface area contributed by atoms with Crippen LogP contribution in [0.2, 0.25) is 0 Å². The van der Waals surface area contributed by atoms with Crippen LogP contribution in [0.4, 0.5) is 0 Å². The summed E-state index contributed by atoms with van der Waals surface area (Å²) in [6.45, 7) is 17.7. The maximum atomic E-state index is 5.50. The second-order valence-corrected chi connectivity index (χ2v) is 8.89. The van der Waals surface area contributed by atoms with Crippen LogP contribution >= 0.6 is 0 Å². The number of aryl methyl sites for hydroxylation is 2. The highest BCUT2D eigenvalue weighted by molar-refractivity contribution is 5.76. The molecule has 0 amide bonds. The van der Waals surface area contributed by atoms with Gasteiger partial charge in [-0.25, -0.2) is 0 Å². The second kappa shape index (κ2) is 13.2. The number of allylic oxidation sites excluding steroid dienone is 9. The molecular weight excluding hydrogens is 374 g/mol. The molecule has 0 aromatic heterocycles. The van der Waals surface area contributed by atoms with Gasteiger partial charge >= 0.3 is 0 Å². The second-order valence-electron chi connectivity index (χ2n) is 8.89. The molecule has 0 spiro atoms. The number of nitrogens with two attached hydrogens (primary N) is 1. The summed E-state index contributed by atoms with van der Waals surface area (Å²) in [5.41, 5.74) is 12.5. The summed E-state index contributed by atoms with van der Waals surface area (Å²) >= 11 is 0. The van der Waals surface area contributed by atoms with E-state index in [1.165, 1.54) is 27.8 Å². The molecule has 0 saturated heterocycles. The van der Waals surface area contributed by atoms with Gasteiger partial charge in [0.15, 0.2) is 0 Å². The van der Waals surface area contributed by atoms with Gasteiger partial charge in [0, 0.05) is 0 Å². The Kier molecular flexibility index (Phi) is 11.4. The highest BCUT2D eigenvalue weighted by atomic mass is 14.5. The minimum atomic E-state index is 0.143. The smallest absolute Gasteiger partial charge is 0.00549 e. The first-order valence-electron chi connectivity index (χ1n) is 12.0. The molecule has 2 unspecified atom stereocenters. The molecule has 1 heteroatoms. The van der Waals surface area contributed by atoms with Crippen molar-refractivity contribution in [3.05, 3.63) is 89.2 Å². The molecule has 170 valence electrons. The van der Waals surface area contributed by atoms with Crippen molar-refractivity contribution in [2.75, 3.05) is 0 Å². The van der Waals surface area contributed by atoms with Gasteiger partial charge in [-0.15, -0.1) is 0 Å². The first kappa shape index (κ1) is 26.8. The number of rotatable bonds is 8. The summed E-state index contributed by atoms with van der Waals surface area (Å²) in [7, 11) is 0. The van der Waals surface area contributed by atoms with Crippen LogP contribution in [0.1, 0.15) is 77.5 Å². The van der Waals surface area contributed by atoms with Gasteiger partial charge in [0.25, 0.3) is 0 Å². The van der Waals surface area contributed by atoms with Crippen LogP contribution < -0.4 is 5.73 Å². The van der Waals surface area contributed by atoms with E-state index in [1.54, 1.807) is 6.20 Å². The van der Waals surface area contributed by atoms with Crippen molar-refractivity contribution in [3.63, 3.8) is 0 Å². The minimum Gasteiger partial charge on any atom is -0.405 e. The van der Waals surface area contributed by atoms with Gasteiger partial charge in [-0.3, -0.25) is 0 Å². The van der Waals surface area contributed by atoms with Gasteiger partial charge in [0.05, 0.1) is 0 Å². The van der Waals surface area contributed by atoms with Crippen LogP contribution in [0.25, 0.3) is 5.57 Å². The van der Waals surface area contributed by atoms with Gasteiger partial charge < -0.3 is 5.73 Å². The SMILES string of the molecule is CC.CCC=CC(C)(C(C)C)C1CC=C(c2cc(C)cc(C)c2)C=C1C/C=C\C=C/N. The van der Waals surface area contributed by atoms with E-state index in [4.69, 9.17) is 5.73 Å². The van der Waals surface area contributed by atoms with E-state index in [-0.39, 0.29) is 5.41 Å². The maximum Gasteiger partial charge on any atom is -0.00549 e. The highest BCUT2D eigenvalue weighted by Gasteiger charge is 2.37. The van der Waals surface area contributed by atoms with Crippen molar-refractivity contribution < 1.29 is 0 Å². The zero-order valence-electron chi connectivity index (χ0n) is 21.2. The quantitative estimate of drug-likeness (QED) is 0.331. The van der Waals surface area contributed by atoms with E-state index < -0.39 is 0 Å². The third-order valence-electron chi connectivity index (χ3n) is 6.34. The van der Waals surface area contributed by atoms with Crippen LogP contribution in [0.3, 0.4) is 0 Å². The summed E-state index contributed by atoms with van der Waals surface area (Å²) in [5.74, 6) is 1.08. The predicted octanol–water partition coefficient (Wildman–Crippen LogP) is 8.71. The third-order valence-corrected chi connectivity index (χ3v) is 6.34. The largest absolute Gasteiger partial charge is 0.405 e. The van der Waals surface area contributed by atoms with Crippen molar-refractivity contribution in [3.8, 4) is 0 Å². The molecule has 1 aliphatic carbocycles. The average Bonchev–Trinajstić information content (AvgIpc) is 2.75. The fourth-order valence-electron chi connectivity index (χ4n) is 4.38. The first-order valence-corrected chi connectivity index (χ1v) is 12.0. The fourth-order valence-corrected chi connectivity index (χ4v) is 4.38. The summed E-state index contributed by atoms with van der Waals surface area (Å²) in [5, 5.41) is 0. The molecule has 2 rings (SSSR count). The topological polar surface area (TPSA) is 26.0 Å². The molecule has 1 aromatic rings. The first-order chi connectivity index (χ1) is 14.8. The van der Waals surface area contributed by atoms with E-state index in [0.717, 1.165) is 19.3 Å². The zero-order valence-corrected chi connectivity index (χ0v) is 21.2. The maximum absolute atomic E-state index is 5.50. The Morgan fingerprint density at radius 2 is 1.71 bits per heavy atom. The highest BCUT2D eigenvalue weighted by Crippen LogP contribution is 2.47. The van der Waals surface area contributed by atoms with Crippen molar-refractivity contribution in [1.29, 1.82) is 0 Å². The Bertz CT molecular complexity index is 812. The molecule has 0 fully saturated rings. The van der Waals surface area contributed by atoms with Crippen LogP contribution in [0.5, 0.6) is 0 Å². The molecule has 2 atom stereocenters. The molecule has 0 saturated carbocycles. The summed E-state index contributed by atoms with van der Waals surface area (Å²) < 4.78 is 0. The molecule has 0 bridgehead atoms. The van der Waals surface area contributed by atoms with Crippen molar-refractivity contribution in [1.82, 2.24) is 0 Å². The Hall–Kier alpha value is -2.28. The van der Waals surface area contributed by atoms with Crippen molar-refractivity contribution >= 4 is 5.57 Å². The van der Waals surface area contributed by atoms with E-state index in [0.29, 0.717) is 11.8 Å². The standard InChI is InChI=1S/C28H39N.C2H6/c1-7-8-15-28(6,21(2)3)27-14-13-24(20-25(27)12-10-9-11-16-29)26-18-22(4)17-23(5)19-26;1-2/h8-11,13,15-21,27H,7,12,14,29H2,1-6H3;1-2H3/b10-9-,15-8?,16-11-;. The summed E-state index contributed by atoms with van der Waals surface area (Å²) in [6, 6.07) is 6.85. The van der Waals surface area contributed by atoms with E-state index in [9.17, 15) is 0 Å². The lowest BCUT2D eigenvalue weighted by molar-refractivity contribution is 0.203.